The Morgan fingerprint density at radius 1 is 1.24 bits per heavy atom. The van der Waals surface area contributed by atoms with Crippen molar-refractivity contribution in [2.24, 2.45) is 0 Å². The standard InChI is InChI=1S/C21H32ClN3O4/c1-3-29-21(27)16-24(12-13-28-2)15-20(26)23-14-19(25-10-6-7-11-25)17-8-4-5-9-18(17)22/h4-5,8-9,19H,3,6-7,10-16H2,1-2H3,(H,23,26). The van der Waals surface area contributed by atoms with E-state index in [4.69, 9.17) is 21.1 Å². The molecule has 0 saturated carbocycles. The van der Waals surface area contributed by atoms with Crippen LogP contribution in [0, 0.1) is 0 Å². The number of nitrogens with zero attached hydrogens (tertiary/aromatic N) is 2. The number of likely N-dealkylation sites (tertiary alicyclic amines) is 1. The average Bonchev–Trinajstić information content (AvgIpc) is 3.22. The summed E-state index contributed by atoms with van der Waals surface area (Å²) in [6.45, 7) is 5.62. The van der Waals surface area contributed by atoms with E-state index in [9.17, 15) is 9.59 Å². The second-order valence-electron chi connectivity index (χ2n) is 7.09. The highest BCUT2D eigenvalue weighted by Crippen LogP contribution is 2.29. The first kappa shape index (κ1) is 23.6. The fraction of sp³-hybridized carbons (Fsp3) is 0.619. The normalized spacial score (nSPS) is 15.4. The maximum atomic E-state index is 12.6. The van der Waals surface area contributed by atoms with Gasteiger partial charge in [-0.3, -0.25) is 19.4 Å². The monoisotopic (exact) mass is 425 g/mol. The number of ether oxygens (including phenoxy) is 2. The van der Waals surface area contributed by atoms with Gasteiger partial charge >= 0.3 is 5.97 Å². The van der Waals surface area contributed by atoms with Gasteiger partial charge in [0.15, 0.2) is 0 Å². The van der Waals surface area contributed by atoms with Crippen LogP contribution in [0.3, 0.4) is 0 Å². The molecule has 1 amide bonds. The lowest BCUT2D eigenvalue weighted by molar-refractivity contribution is -0.144. The zero-order valence-electron chi connectivity index (χ0n) is 17.4. The molecule has 1 fully saturated rings. The van der Waals surface area contributed by atoms with Gasteiger partial charge in [0.05, 0.1) is 32.3 Å². The molecule has 1 aromatic carbocycles. The quantitative estimate of drug-likeness (QED) is 0.517. The number of amides is 1. The summed E-state index contributed by atoms with van der Waals surface area (Å²) in [4.78, 5) is 28.5. The van der Waals surface area contributed by atoms with E-state index in [2.05, 4.69) is 10.2 Å². The number of benzene rings is 1. The molecule has 2 rings (SSSR count). The van der Waals surface area contributed by atoms with Gasteiger partial charge in [-0.2, -0.15) is 0 Å². The molecule has 1 atom stereocenters. The number of halogens is 1. The van der Waals surface area contributed by atoms with Crippen LogP contribution in [0.4, 0.5) is 0 Å². The van der Waals surface area contributed by atoms with Crippen LogP contribution in [-0.4, -0.2) is 81.3 Å². The topological polar surface area (TPSA) is 71.1 Å². The van der Waals surface area contributed by atoms with Gasteiger partial charge in [0.2, 0.25) is 5.91 Å². The van der Waals surface area contributed by atoms with Crippen LogP contribution in [0.15, 0.2) is 24.3 Å². The molecule has 1 aromatic rings. The summed E-state index contributed by atoms with van der Waals surface area (Å²) in [5.41, 5.74) is 1.03. The molecule has 7 nitrogen and oxygen atoms in total. The van der Waals surface area contributed by atoms with Gasteiger partial charge in [-0.25, -0.2) is 0 Å². The van der Waals surface area contributed by atoms with E-state index < -0.39 is 0 Å². The molecule has 1 aliphatic heterocycles. The van der Waals surface area contributed by atoms with Crippen LogP contribution in [0.25, 0.3) is 0 Å². The number of nitrogens with one attached hydrogen (secondary N) is 1. The van der Waals surface area contributed by atoms with E-state index in [1.165, 1.54) is 0 Å². The maximum absolute atomic E-state index is 12.6. The third-order valence-electron chi connectivity index (χ3n) is 4.98. The lowest BCUT2D eigenvalue weighted by Crippen LogP contribution is -2.44. The Bertz CT molecular complexity index is 653. The van der Waals surface area contributed by atoms with Crippen LogP contribution in [0.5, 0.6) is 0 Å². The van der Waals surface area contributed by atoms with Crippen LogP contribution in [-0.2, 0) is 19.1 Å². The van der Waals surface area contributed by atoms with Crippen molar-refractivity contribution < 1.29 is 19.1 Å². The van der Waals surface area contributed by atoms with Gasteiger partial charge in [-0.1, -0.05) is 29.8 Å². The molecule has 1 heterocycles. The van der Waals surface area contributed by atoms with Gasteiger partial charge in [-0.15, -0.1) is 0 Å². The van der Waals surface area contributed by atoms with E-state index in [-0.39, 0.29) is 31.0 Å². The smallest absolute Gasteiger partial charge is 0.320 e. The predicted molar refractivity (Wildman–Crippen MR) is 113 cm³/mol. The Morgan fingerprint density at radius 3 is 2.62 bits per heavy atom. The third kappa shape index (κ3) is 7.93. The molecule has 0 aliphatic carbocycles. The molecule has 1 unspecified atom stereocenters. The summed E-state index contributed by atoms with van der Waals surface area (Å²) < 4.78 is 10.1. The summed E-state index contributed by atoms with van der Waals surface area (Å²) in [6, 6.07) is 7.82. The second kappa shape index (κ2) is 12.8. The van der Waals surface area contributed by atoms with Crippen molar-refractivity contribution in [3.05, 3.63) is 34.9 Å². The highest BCUT2D eigenvalue weighted by atomic mass is 35.5. The lowest BCUT2D eigenvalue weighted by atomic mass is 10.1. The molecule has 1 aliphatic rings. The Morgan fingerprint density at radius 2 is 1.97 bits per heavy atom. The number of hydrogen-bond donors (Lipinski definition) is 1. The molecule has 162 valence electrons. The molecule has 1 saturated heterocycles. The van der Waals surface area contributed by atoms with E-state index in [1.807, 2.05) is 24.3 Å². The molecular formula is C21H32ClN3O4. The summed E-state index contributed by atoms with van der Waals surface area (Å²) in [7, 11) is 1.59. The molecule has 8 heteroatoms. The van der Waals surface area contributed by atoms with Crippen LogP contribution in [0.1, 0.15) is 31.4 Å². The fourth-order valence-corrected chi connectivity index (χ4v) is 3.79. The lowest BCUT2D eigenvalue weighted by Gasteiger charge is -2.29. The molecule has 0 aromatic heterocycles. The first-order valence-corrected chi connectivity index (χ1v) is 10.5. The van der Waals surface area contributed by atoms with E-state index in [0.717, 1.165) is 31.5 Å². The number of carbonyl (C=O) groups is 2. The third-order valence-corrected chi connectivity index (χ3v) is 5.32. The second-order valence-corrected chi connectivity index (χ2v) is 7.50. The molecular weight excluding hydrogens is 394 g/mol. The molecule has 0 radical (unpaired) electrons. The number of esters is 1. The highest BCUT2D eigenvalue weighted by molar-refractivity contribution is 6.31. The molecule has 1 N–H and O–H groups in total. The fourth-order valence-electron chi connectivity index (χ4n) is 3.53. The number of methoxy groups -OCH3 is 1. The van der Waals surface area contributed by atoms with E-state index >= 15 is 0 Å². The number of hydrogen-bond acceptors (Lipinski definition) is 6. The van der Waals surface area contributed by atoms with Gasteiger partial charge < -0.3 is 14.8 Å². The van der Waals surface area contributed by atoms with Gasteiger partial charge in [-0.05, 0) is 44.5 Å². The van der Waals surface area contributed by atoms with Crippen molar-refractivity contribution in [1.82, 2.24) is 15.1 Å². The zero-order chi connectivity index (χ0) is 21.1. The summed E-state index contributed by atoms with van der Waals surface area (Å²) in [5, 5.41) is 3.73. The zero-order valence-corrected chi connectivity index (χ0v) is 18.1. The van der Waals surface area contributed by atoms with Crippen LogP contribution in [0.2, 0.25) is 5.02 Å². The largest absolute Gasteiger partial charge is 0.465 e. The van der Waals surface area contributed by atoms with E-state index in [0.29, 0.717) is 31.3 Å². The summed E-state index contributed by atoms with van der Waals surface area (Å²) >= 11 is 6.43. The van der Waals surface area contributed by atoms with Crippen molar-refractivity contribution in [2.45, 2.75) is 25.8 Å². The minimum Gasteiger partial charge on any atom is -0.465 e. The first-order valence-electron chi connectivity index (χ1n) is 10.2. The van der Waals surface area contributed by atoms with Gasteiger partial charge in [0.1, 0.15) is 0 Å². The van der Waals surface area contributed by atoms with Gasteiger partial charge in [0, 0.05) is 25.2 Å². The molecule has 0 spiro atoms. The summed E-state index contributed by atoms with van der Waals surface area (Å²) in [6.07, 6.45) is 2.30. The number of rotatable bonds is 12. The molecule has 0 bridgehead atoms. The van der Waals surface area contributed by atoms with Crippen molar-refractivity contribution in [2.75, 3.05) is 59.6 Å². The van der Waals surface area contributed by atoms with Crippen molar-refractivity contribution in [3.63, 3.8) is 0 Å². The maximum Gasteiger partial charge on any atom is 0.320 e. The Hall–Kier alpha value is -1.67. The molecule has 29 heavy (non-hydrogen) atoms. The number of carbonyl (C=O) groups excluding carboxylic acids is 2. The van der Waals surface area contributed by atoms with Crippen molar-refractivity contribution >= 4 is 23.5 Å². The van der Waals surface area contributed by atoms with Crippen molar-refractivity contribution in [3.8, 4) is 0 Å². The Balaban J connectivity index is 1.96. The summed E-state index contributed by atoms with van der Waals surface area (Å²) in [5.74, 6) is -0.482. The minimum absolute atomic E-state index is 0.0348. The Kier molecular flexibility index (Phi) is 10.4. The minimum atomic E-state index is -0.345. The SMILES string of the molecule is CCOC(=O)CN(CCOC)CC(=O)NCC(c1ccccc1Cl)N1CCCC1. The first-order chi connectivity index (χ1) is 14.0. The highest BCUT2D eigenvalue weighted by Gasteiger charge is 2.26. The van der Waals surface area contributed by atoms with Crippen molar-refractivity contribution in [1.29, 1.82) is 0 Å². The van der Waals surface area contributed by atoms with Crippen LogP contribution >= 0.6 is 11.6 Å². The van der Waals surface area contributed by atoms with E-state index in [1.54, 1.807) is 18.9 Å². The average molecular weight is 426 g/mol. The van der Waals surface area contributed by atoms with Crippen LogP contribution < -0.4 is 5.32 Å². The Labute approximate surface area is 178 Å². The predicted octanol–water partition coefficient (Wildman–Crippen LogP) is 2.10. The van der Waals surface area contributed by atoms with Gasteiger partial charge in [0.25, 0.3) is 0 Å².